The fourth-order valence-corrected chi connectivity index (χ4v) is 3.48. The lowest BCUT2D eigenvalue weighted by Gasteiger charge is -2.22. The minimum Gasteiger partial charge on any atom is -0.342 e. The molecule has 2 aromatic heterocycles. The maximum absolute atomic E-state index is 12.9. The third kappa shape index (κ3) is 3.76. The van der Waals surface area contributed by atoms with Crippen LogP contribution in [0.1, 0.15) is 42.5 Å². The Kier molecular flexibility index (Phi) is 4.87. The summed E-state index contributed by atoms with van der Waals surface area (Å²) in [6.45, 7) is 7.28. The fourth-order valence-electron chi connectivity index (χ4n) is 3.48. The normalized spacial score (nSPS) is 20.6. The van der Waals surface area contributed by atoms with Crippen molar-refractivity contribution in [2.75, 3.05) is 19.6 Å². The molecule has 7 nitrogen and oxygen atoms in total. The summed E-state index contributed by atoms with van der Waals surface area (Å²) in [5.74, 6) is -1.30. The number of hydrogen-bond donors (Lipinski definition) is 1. The van der Waals surface area contributed by atoms with Crippen molar-refractivity contribution in [1.29, 1.82) is 0 Å². The maximum Gasteiger partial charge on any atom is 0.453 e. The molecule has 1 unspecified atom stereocenters. The number of rotatable bonds is 4. The number of aryl methyl sites for hydroxylation is 2. The number of nitrogens with two attached hydrogens (primary N) is 1. The summed E-state index contributed by atoms with van der Waals surface area (Å²) in [5, 5.41) is 3.53. The first-order valence-electron chi connectivity index (χ1n) is 8.82. The predicted octanol–water partition coefficient (Wildman–Crippen LogP) is 1.89. The van der Waals surface area contributed by atoms with E-state index < -0.39 is 12.0 Å². The van der Waals surface area contributed by atoms with Gasteiger partial charge >= 0.3 is 6.18 Å². The number of aromatic nitrogens is 4. The number of fused-ring (bicyclic) bond motifs is 1. The highest BCUT2D eigenvalue weighted by Gasteiger charge is 2.37. The average molecular weight is 384 g/mol. The van der Waals surface area contributed by atoms with Gasteiger partial charge in [0, 0.05) is 30.9 Å². The van der Waals surface area contributed by atoms with E-state index in [-0.39, 0.29) is 23.5 Å². The molecule has 1 atom stereocenters. The lowest BCUT2D eigenvalue weighted by atomic mass is 9.90. The summed E-state index contributed by atoms with van der Waals surface area (Å²) in [4.78, 5) is 21.9. The molecular formula is C17H23F3N6O. The van der Waals surface area contributed by atoms with Crippen LogP contribution in [0.2, 0.25) is 0 Å². The van der Waals surface area contributed by atoms with Crippen LogP contribution in [0.4, 0.5) is 13.2 Å². The number of halogens is 3. The van der Waals surface area contributed by atoms with Gasteiger partial charge < -0.3 is 10.6 Å². The number of likely N-dealkylation sites (tertiary alicyclic amines) is 1. The molecule has 0 saturated carbocycles. The molecule has 0 radical (unpaired) electrons. The van der Waals surface area contributed by atoms with E-state index in [1.54, 1.807) is 18.7 Å². The van der Waals surface area contributed by atoms with Crippen LogP contribution in [-0.2, 0) is 17.4 Å². The van der Waals surface area contributed by atoms with Crippen LogP contribution in [0.3, 0.4) is 0 Å². The number of amides is 1. The number of carbonyl (C=O) groups excluding carboxylic acids is 1. The van der Waals surface area contributed by atoms with Crippen LogP contribution < -0.4 is 5.73 Å². The molecule has 1 fully saturated rings. The molecule has 0 spiro atoms. The fraction of sp³-hybridized carbons (Fsp3) is 0.647. The molecule has 10 heteroatoms. The molecule has 1 saturated heterocycles. The van der Waals surface area contributed by atoms with E-state index in [0.29, 0.717) is 37.4 Å². The van der Waals surface area contributed by atoms with Crippen LogP contribution in [0.5, 0.6) is 0 Å². The van der Waals surface area contributed by atoms with Gasteiger partial charge in [-0.1, -0.05) is 6.92 Å². The zero-order valence-electron chi connectivity index (χ0n) is 15.6. The van der Waals surface area contributed by atoms with E-state index in [4.69, 9.17) is 5.73 Å². The third-order valence-corrected chi connectivity index (χ3v) is 5.29. The van der Waals surface area contributed by atoms with Gasteiger partial charge in [0.15, 0.2) is 0 Å². The summed E-state index contributed by atoms with van der Waals surface area (Å²) in [6.07, 6.45) is -3.11. The van der Waals surface area contributed by atoms with Crippen molar-refractivity contribution in [3.63, 3.8) is 0 Å². The van der Waals surface area contributed by atoms with E-state index in [0.717, 1.165) is 16.5 Å². The standard InChI is InChI=1S/C17H23F3N6O/c1-10-12(4-5-13(27)25-7-6-16(3,8-21)9-25)11(2)26-15(22-10)23-14(24-26)17(18,19)20/h4-9,21H2,1-3H3. The van der Waals surface area contributed by atoms with Crippen molar-refractivity contribution in [2.45, 2.75) is 46.2 Å². The van der Waals surface area contributed by atoms with Crippen molar-refractivity contribution in [2.24, 2.45) is 11.1 Å². The van der Waals surface area contributed by atoms with Gasteiger partial charge in [-0.3, -0.25) is 4.79 Å². The van der Waals surface area contributed by atoms with Crippen LogP contribution >= 0.6 is 0 Å². The van der Waals surface area contributed by atoms with Crippen molar-refractivity contribution >= 4 is 11.7 Å². The molecule has 148 valence electrons. The van der Waals surface area contributed by atoms with Crippen molar-refractivity contribution in [1.82, 2.24) is 24.5 Å². The average Bonchev–Trinajstić information content (AvgIpc) is 3.19. The third-order valence-electron chi connectivity index (χ3n) is 5.29. The minimum atomic E-state index is -4.63. The summed E-state index contributed by atoms with van der Waals surface area (Å²) in [6, 6.07) is 0. The molecule has 1 amide bonds. The minimum absolute atomic E-state index is 0.0145. The summed E-state index contributed by atoms with van der Waals surface area (Å²) in [5.41, 5.74) is 7.52. The highest BCUT2D eigenvalue weighted by atomic mass is 19.4. The van der Waals surface area contributed by atoms with Gasteiger partial charge in [-0.15, -0.1) is 5.10 Å². The molecule has 27 heavy (non-hydrogen) atoms. The van der Waals surface area contributed by atoms with Gasteiger partial charge in [0.1, 0.15) is 0 Å². The summed E-state index contributed by atoms with van der Waals surface area (Å²) < 4.78 is 39.7. The molecule has 1 aliphatic rings. The van der Waals surface area contributed by atoms with E-state index in [2.05, 4.69) is 22.0 Å². The van der Waals surface area contributed by atoms with E-state index in [9.17, 15) is 18.0 Å². The number of alkyl halides is 3. The van der Waals surface area contributed by atoms with Gasteiger partial charge in [0.25, 0.3) is 11.6 Å². The lowest BCUT2D eigenvalue weighted by Crippen LogP contribution is -2.34. The molecule has 0 aromatic carbocycles. The lowest BCUT2D eigenvalue weighted by molar-refractivity contribution is -0.144. The molecule has 3 heterocycles. The molecular weight excluding hydrogens is 361 g/mol. The van der Waals surface area contributed by atoms with E-state index in [1.165, 1.54) is 0 Å². The zero-order valence-corrected chi connectivity index (χ0v) is 15.6. The monoisotopic (exact) mass is 384 g/mol. The summed E-state index contributed by atoms with van der Waals surface area (Å²) in [7, 11) is 0. The highest BCUT2D eigenvalue weighted by molar-refractivity contribution is 5.77. The molecule has 0 aliphatic carbocycles. The molecule has 2 aromatic rings. The first-order chi connectivity index (χ1) is 12.5. The number of carbonyl (C=O) groups is 1. The Morgan fingerprint density at radius 3 is 2.59 bits per heavy atom. The topological polar surface area (TPSA) is 89.4 Å². The zero-order chi connectivity index (χ0) is 20.0. The van der Waals surface area contributed by atoms with Crippen molar-refractivity contribution < 1.29 is 18.0 Å². The van der Waals surface area contributed by atoms with E-state index in [1.807, 2.05) is 0 Å². The molecule has 0 bridgehead atoms. The Bertz CT molecular complexity index is 878. The van der Waals surface area contributed by atoms with Crippen molar-refractivity contribution in [3.8, 4) is 0 Å². The second-order valence-corrected chi connectivity index (χ2v) is 7.49. The smallest absolute Gasteiger partial charge is 0.342 e. The van der Waals surface area contributed by atoms with Crippen LogP contribution in [0.25, 0.3) is 5.78 Å². The number of nitrogens with zero attached hydrogens (tertiary/aromatic N) is 5. The van der Waals surface area contributed by atoms with E-state index >= 15 is 0 Å². The Morgan fingerprint density at radius 1 is 1.30 bits per heavy atom. The molecule has 1 aliphatic heterocycles. The van der Waals surface area contributed by atoms with Crippen molar-refractivity contribution in [3.05, 3.63) is 22.8 Å². The summed E-state index contributed by atoms with van der Waals surface area (Å²) >= 11 is 0. The Balaban J connectivity index is 1.78. The quantitative estimate of drug-likeness (QED) is 0.870. The second kappa shape index (κ2) is 6.74. The van der Waals surface area contributed by atoms with Crippen LogP contribution in [0.15, 0.2) is 0 Å². The second-order valence-electron chi connectivity index (χ2n) is 7.49. The predicted molar refractivity (Wildman–Crippen MR) is 91.9 cm³/mol. The van der Waals surface area contributed by atoms with Crippen LogP contribution in [-0.4, -0.2) is 50.0 Å². The molecule has 2 N–H and O–H groups in total. The largest absolute Gasteiger partial charge is 0.453 e. The SMILES string of the molecule is Cc1nc2nc(C(F)(F)F)nn2c(C)c1CCC(=O)N1CCC(C)(CN)C1. The maximum atomic E-state index is 12.9. The van der Waals surface area contributed by atoms with Gasteiger partial charge in [0.2, 0.25) is 5.91 Å². The highest BCUT2D eigenvalue weighted by Crippen LogP contribution is 2.29. The Labute approximate surface area is 154 Å². The first-order valence-corrected chi connectivity index (χ1v) is 8.82. The van der Waals surface area contributed by atoms with Gasteiger partial charge in [-0.2, -0.15) is 18.2 Å². The Morgan fingerprint density at radius 2 is 2.00 bits per heavy atom. The van der Waals surface area contributed by atoms with Crippen LogP contribution in [0, 0.1) is 19.3 Å². The van der Waals surface area contributed by atoms with Gasteiger partial charge in [-0.25, -0.2) is 9.50 Å². The molecule has 3 rings (SSSR count). The van der Waals surface area contributed by atoms with Gasteiger partial charge in [0.05, 0.1) is 0 Å². The first kappa shape index (κ1) is 19.5. The number of hydrogen-bond acceptors (Lipinski definition) is 5. The van der Waals surface area contributed by atoms with Gasteiger partial charge in [-0.05, 0) is 44.2 Å². The Hall–Kier alpha value is -2.23.